The van der Waals surface area contributed by atoms with E-state index in [1.54, 1.807) is 43.5 Å². The maximum Gasteiger partial charge on any atom is 0.173 e. The number of hydrogen-bond donors (Lipinski definition) is 0. The molecule has 0 aliphatic carbocycles. The first kappa shape index (κ1) is 19.5. The molecule has 0 spiro atoms. The maximum absolute atomic E-state index is 13.3. The molecule has 0 saturated carbocycles. The van der Waals surface area contributed by atoms with E-state index in [0.29, 0.717) is 27.5 Å². The summed E-state index contributed by atoms with van der Waals surface area (Å²) in [7, 11) is 1.59. The first-order chi connectivity index (χ1) is 14.0. The first-order valence-corrected chi connectivity index (χ1v) is 10.5. The number of halogens is 1. The summed E-state index contributed by atoms with van der Waals surface area (Å²) in [4.78, 5) is 17.1. The lowest BCUT2D eigenvalue weighted by atomic mass is 10.1. The fourth-order valence-electron chi connectivity index (χ4n) is 2.81. The van der Waals surface area contributed by atoms with Crippen LogP contribution in [0, 0.1) is 12.7 Å². The minimum atomic E-state index is -0.303. The summed E-state index contributed by atoms with van der Waals surface area (Å²) in [6.07, 6.45) is 0. The zero-order chi connectivity index (χ0) is 20.4. The highest BCUT2D eigenvalue weighted by atomic mass is 32.2. The predicted molar refractivity (Wildman–Crippen MR) is 113 cm³/mol. The molecule has 4 aromatic rings. The number of methoxy groups -OCH3 is 1. The van der Waals surface area contributed by atoms with Crippen molar-refractivity contribution in [2.45, 2.75) is 11.9 Å². The summed E-state index contributed by atoms with van der Waals surface area (Å²) in [5.74, 6) is 0.615. The van der Waals surface area contributed by atoms with Crippen LogP contribution in [0.5, 0.6) is 5.75 Å². The van der Waals surface area contributed by atoms with Gasteiger partial charge in [0.15, 0.2) is 5.78 Å². The van der Waals surface area contributed by atoms with Gasteiger partial charge in [-0.2, -0.15) is 0 Å². The van der Waals surface area contributed by atoms with E-state index < -0.39 is 0 Å². The molecule has 5 nitrogen and oxygen atoms in total. The molecule has 0 amide bonds. The number of ketones is 1. The van der Waals surface area contributed by atoms with Crippen LogP contribution in [0.4, 0.5) is 4.39 Å². The lowest BCUT2D eigenvalue weighted by Crippen LogP contribution is -2.03. The Labute approximate surface area is 175 Å². The van der Waals surface area contributed by atoms with Crippen molar-refractivity contribution in [3.05, 3.63) is 64.9 Å². The van der Waals surface area contributed by atoms with E-state index in [1.165, 1.54) is 35.2 Å². The van der Waals surface area contributed by atoms with Crippen molar-refractivity contribution in [1.82, 2.24) is 15.2 Å². The Bertz CT molecular complexity index is 1180. The van der Waals surface area contributed by atoms with Crippen LogP contribution in [0.1, 0.15) is 15.4 Å². The molecule has 4 rings (SSSR count). The van der Waals surface area contributed by atoms with Crippen LogP contribution in [-0.4, -0.2) is 33.8 Å². The van der Waals surface area contributed by atoms with Gasteiger partial charge in [-0.3, -0.25) is 4.79 Å². The number of nitrogens with zero attached hydrogens (tertiary/aromatic N) is 3. The Morgan fingerprint density at radius 2 is 1.83 bits per heavy atom. The lowest BCUT2D eigenvalue weighted by Gasteiger charge is -2.05. The molecule has 146 valence electrons. The highest BCUT2D eigenvalue weighted by Gasteiger charge is 2.17. The Morgan fingerprint density at radius 1 is 1.10 bits per heavy atom. The predicted octanol–water partition coefficient (Wildman–Crippen LogP) is 5.18. The molecule has 0 bridgehead atoms. The number of aromatic nitrogens is 3. The molecule has 0 aliphatic heterocycles. The number of thioether (sulfide) groups is 1. The van der Waals surface area contributed by atoms with Gasteiger partial charge in [0.25, 0.3) is 0 Å². The average molecular weight is 426 g/mol. The monoisotopic (exact) mass is 425 g/mol. The second-order valence-corrected chi connectivity index (χ2v) is 8.38. The number of hydrogen-bond acceptors (Lipinski definition) is 7. The van der Waals surface area contributed by atoms with Crippen LogP contribution in [0.25, 0.3) is 21.5 Å². The Kier molecular flexibility index (Phi) is 5.55. The van der Waals surface area contributed by atoms with Crippen LogP contribution in [0.2, 0.25) is 0 Å². The van der Waals surface area contributed by atoms with Crippen molar-refractivity contribution in [3.63, 3.8) is 0 Å². The van der Waals surface area contributed by atoms with E-state index in [0.717, 1.165) is 15.3 Å². The molecular weight excluding hydrogens is 409 g/mol. The molecule has 29 heavy (non-hydrogen) atoms. The number of Topliss-reactive ketones (excluding diaryl/α,β-unsaturated/α-hetero) is 1. The van der Waals surface area contributed by atoms with Crippen molar-refractivity contribution < 1.29 is 13.9 Å². The maximum atomic E-state index is 13.3. The molecule has 8 heteroatoms. The molecule has 0 atom stereocenters. The molecule has 0 radical (unpaired) electrons. The Balaban J connectivity index is 1.60. The molecule has 2 aromatic carbocycles. The smallest absolute Gasteiger partial charge is 0.173 e. The molecule has 2 aromatic heterocycles. The van der Waals surface area contributed by atoms with Gasteiger partial charge in [-0.25, -0.2) is 9.37 Å². The highest BCUT2D eigenvalue weighted by molar-refractivity contribution is 8.00. The zero-order valence-corrected chi connectivity index (χ0v) is 17.3. The number of benzene rings is 2. The largest absolute Gasteiger partial charge is 0.497 e. The highest BCUT2D eigenvalue weighted by Crippen LogP contribution is 2.35. The molecular formula is C21H16FN3O2S2. The summed E-state index contributed by atoms with van der Waals surface area (Å²) in [6, 6.07) is 13.1. The molecule has 2 heterocycles. The normalized spacial score (nSPS) is 11.0. The van der Waals surface area contributed by atoms with Gasteiger partial charge in [-0.05, 0) is 55.5 Å². The summed E-state index contributed by atoms with van der Waals surface area (Å²) >= 11 is 2.82. The number of carbonyl (C=O) groups excluding carboxylic acids is 1. The van der Waals surface area contributed by atoms with Gasteiger partial charge in [0.05, 0.1) is 22.6 Å². The van der Waals surface area contributed by atoms with Gasteiger partial charge in [0.1, 0.15) is 27.8 Å². The minimum absolute atomic E-state index is 0.0119. The molecule has 0 unspecified atom stereocenters. The van der Waals surface area contributed by atoms with Gasteiger partial charge < -0.3 is 4.74 Å². The fourth-order valence-corrected chi connectivity index (χ4v) is 4.62. The molecule has 0 saturated heterocycles. The standard InChI is InChI=1S/C21H16FN3O2S2/c1-12-23-19-20(29-12)18(14-3-7-15(22)8-4-14)24-25-21(19)28-11-17(26)13-5-9-16(27-2)10-6-13/h3-10H,11H2,1-2H3. The SMILES string of the molecule is COc1ccc(C(=O)CSc2nnc(-c3ccc(F)cc3)c3sc(C)nc23)cc1. The number of carbonyl (C=O) groups is 1. The van der Waals surface area contributed by atoms with Gasteiger partial charge >= 0.3 is 0 Å². The van der Waals surface area contributed by atoms with Crippen LogP contribution in [-0.2, 0) is 0 Å². The van der Waals surface area contributed by atoms with Crippen molar-refractivity contribution in [1.29, 1.82) is 0 Å². The molecule has 0 fully saturated rings. The van der Waals surface area contributed by atoms with Crippen LogP contribution in [0.3, 0.4) is 0 Å². The van der Waals surface area contributed by atoms with Crippen LogP contribution in [0.15, 0.2) is 53.6 Å². The summed E-state index contributed by atoms with van der Waals surface area (Å²) in [5.41, 5.74) is 2.77. The molecule has 0 N–H and O–H groups in total. The van der Waals surface area contributed by atoms with Crippen LogP contribution < -0.4 is 4.74 Å². The van der Waals surface area contributed by atoms with Crippen molar-refractivity contribution >= 4 is 39.1 Å². The van der Waals surface area contributed by atoms with Gasteiger partial charge in [0, 0.05) is 11.1 Å². The Hall–Kier alpha value is -2.84. The van der Waals surface area contributed by atoms with E-state index in [4.69, 9.17) is 4.74 Å². The van der Waals surface area contributed by atoms with E-state index in [2.05, 4.69) is 15.2 Å². The van der Waals surface area contributed by atoms with E-state index in [-0.39, 0.29) is 17.4 Å². The van der Waals surface area contributed by atoms with E-state index in [9.17, 15) is 9.18 Å². The number of ether oxygens (including phenoxy) is 1. The van der Waals surface area contributed by atoms with Gasteiger partial charge in [0.2, 0.25) is 0 Å². The second kappa shape index (κ2) is 8.26. The topological polar surface area (TPSA) is 65.0 Å². The molecule has 0 aliphatic rings. The van der Waals surface area contributed by atoms with Crippen molar-refractivity contribution in [2.75, 3.05) is 12.9 Å². The third-order valence-corrected chi connectivity index (χ3v) is 6.19. The number of fused-ring (bicyclic) bond motifs is 1. The number of aryl methyl sites for hydroxylation is 1. The van der Waals surface area contributed by atoms with Crippen molar-refractivity contribution in [3.8, 4) is 17.0 Å². The lowest BCUT2D eigenvalue weighted by molar-refractivity contribution is 0.102. The summed E-state index contributed by atoms with van der Waals surface area (Å²) < 4.78 is 19.3. The van der Waals surface area contributed by atoms with Gasteiger partial charge in [-0.1, -0.05) is 11.8 Å². The number of rotatable bonds is 6. The minimum Gasteiger partial charge on any atom is -0.497 e. The van der Waals surface area contributed by atoms with Crippen LogP contribution >= 0.6 is 23.1 Å². The zero-order valence-electron chi connectivity index (χ0n) is 15.7. The average Bonchev–Trinajstić information content (AvgIpc) is 3.14. The summed E-state index contributed by atoms with van der Waals surface area (Å²) in [5, 5.41) is 10.1. The van der Waals surface area contributed by atoms with E-state index >= 15 is 0 Å². The second-order valence-electron chi connectivity index (χ2n) is 6.21. The summed E-state index contributed by atoms with van der Waals surface area (Å²) in [6.45, 7) is 1.91. The first-order valence-electron chi connectivity index (χ1n) is 8.75. The fraction of sp³-hybridized carbons (Fsp3) is 0.143. The van der Waals surface area contributed by atoms with E-state index in [1.807, 2.05) is 6.92 Å². The Morgan fingerprint density at radius 3 is 2.52 bits per heavy atom. The number of thiazole rings is 1. The quantitative estimate of drug-likeness (QED) is 0.313. The van der Waals surface area contributed by atoms with Gasteiger partial charge in [-0.15, -0.1) is 21.5 Å². The third-order valence-electron chi connectivity index (χ3n) is 4.26. The van der Waals surface area contributed by atoms with Crippen molar-refractivity contribution in [2.24, 2.45) is 0 Å². The third kappa shape index (κ3) is 4.13.